The number of nitrogens with one attached hydrogen (secondary N) is 2. The first-order valence-corrected chi connectivity index (χ1v) is 7.90. The fraction of sp³-hybridized carbons (Fsp3) is 0.294. The molecule has 3 heterocycles. The van der Waals surface area contributed by atoms with E-state index >= 15 is 0 Å². The van der Waals surface area contributed by atoms with Crippen LogP contribution in [0.4, 0.5) is 0 Å². The first kappa shape index (κ1) is 15.9. The van der Waals surface area contributed by atoms with Gasteiger partial charge in [-0.1, -0.05) is 19.4 Å². The van der Waals surface area contributed by atoms with Crippen molar-refractivity contribution in [2.75, 3.05) is 0 Å². The molecule has 0 aliphatic heterocycles. The van der Waals surface area contributed by atoms with Crippen LogP contribution in [0.2, 0.25) is 0 Å². The summed E-state index contributed by atoms with van der Waals surface area (Å²) in [5, 5.41) is 11.3. The zero-order chi connectivity index (χ0) is 17.1. The number of carbonyl (C=O) groups is 2. The largest absolute Gasteiger partial charge is 0.356 e. The van der Waals surface area contributed by atoms with Crippen LogP contribution in [-0.4, -0.2) is 31.3 Å². The molecule has 0 aromatic carbocycles. The molecule has 3 rings (SSSR count). The molecular weight excluding hydrogens is 306 g/mol. The summed E-state index contributed by atoms with van der Waals surface area (Å²) in [5.74, 6) is 0.339. The number of rotatable bonds is 6. The fourth-order valence-corrected chi connectivity index (χ4v) is 2.62. The Kier molecular flexibility index (Phi) is 4.41. The van der Waals surface area contributed by atoms with Crippen LogP contribution in [-0.2, 0) is 0 Å². The van der Waals surface area contributed by atoms with Crippen molar-refractivity contribution in [3.8, 4) is 0 Å². The Hall–Kier alpha value is -2.96. The summed E-state index contributed by atoms with van der Waals surface area (Å²) >= 11 is 0. The standard InChI is InChI=1S/C17H19N5O2/c1-3-6-13(16-21-20-15-7-4-5-8-22(15)16)19-17(24)14-9-12(10-18-14)11(2)23/h4-5,7-10,13,18H,3,6H2,1-2H3,(H,19,24). The lowest BCUT2D eigenvalue weighted by molar-refractivity contribution is 0.0927. The predicted molar refractivity (Wildman–Crippen MR) is 88.9 cm³/mol. The highest BCUT2D eigenvalue weighted by Gasteiger charge is 2.21. The summed E-state index contributed by atoms with van der Waals surface area (Å²) < 4.78 is 1.87. The average molecular weight is 325 g/mol. The minimum absolute atomic E-state index is 0.0844. The molecule has 7 nitrogen and oxygen atoms in total. The second-order valence-electron chi connectivity index (χ2n) is 5.66. The molecule has 0 spiro atoms. The van der Waals surface area contributed by atoms with Gasteiger partial charge in [-0.3, -0.25) is 14.0 Å². The topological polar surface area (TPSA) is 92.1 Å². The van der Waals surface area contributed by atoms with E-state index < -0.39 is 0 Å². The zero-order valence-electron chi connectivity index (χ0n) is 13.6. The molecule has 124 valence electrons. The van der Waals surface area contributed by atoms with E-state index in [4.69, 9.17) is 0 Å². The number of amides is 1. The molecule has 0 radical (unpaired) electrons. The Labute approximate surface area is 139 Å². The van der Waals surface area contributed by atoms with Gasteiger partial charge in [0, 0.05) is 18.0 Å². The molecule has 0 saturated heterocycles. The van der Waals surface area contributed by atoms with E-state index in [0.29, 0.717) is 17.1 Å². The molecule has 2 N–H and O–H groups in total. The van der Waals surface area contributed by atoms with E-state index in [2.05, 4.69) is 20.5 Å². The first-order chi connectivity index (χ1) is 11.6. The van der Waals surface area contributed by atoms with Crippen LogP contribution in [0.1, 0.15) is 59.4 Å². The van der Waals surface area contributed by atoms with Crippen molar-refractivity contribution in [1.82, 2.24) is 24.9 Å². The number of H-pyrrole nitrogens is 1. The average Bonchev–Trinajstić information content (AvgIpc) is 3.22. The number of fused-ring (bicyclic) bond motifs is 1. The maximum atomic E-state index is 12.5. The van der Waals surface area contributed by atoms with Gasteiger partial charge >= 0.3 is 0 Å². The molecule has 0 saturated carbocycles. The maximum Gasteiger partial charge on any atom is 0.268 e. The molecule has 0 bridgehead atoms. The lowest BCUT2D eigenvalue weighted by Gasteiger charge is -2.16. The van der Waals surface area contributed by atoms with E-state index in [9.17, 15) is 9.59 Å². The Morgan fingerprint density at radius 3 is 2.88 bits per heavy atom. The van der Waals surface area contributed by atoms with Gasteiger partial charge in [0.05, 0.1) is 6.04 Å². The number of hydrogen-bond donors (Lipinski definition) is 2. The van der Waals surface area contributed by atoms with Gasteiger partial charge in [0.2, 0.25) is 0 Å². The van der Waals surface area contributed by atoms with Gasteiger partial charge in [-0.25, -0.2) is 0 Å². The van der Waals surface area contributed by atoms with Crippen LogP contribution in [0.25, 0.3) is 5.65 Å². The third-order valence-electron chi connectivity index (χ3n) is 3.87. The van der Waals surface area contributed by atoms with Crippen molar-refractivity contribution in [1.29, 1.82) is 0 Å². The zero-order valence-corrected chi connectivity index (χ0v) is 13.6. The number of aromatic amines is 1. The minimum Gasteiger partial charge on any atom is -0.356 e. The van der Waals surface area contributed by atoms with Crippen LogP contribution >= 0.6 is 0 Å². The second-order valence-corrected chi connectivity index (χ2v) is 5.66. The molecule has 0 fully saturated rings. The molecule has 1 amide bonds. The molecule has 24 heavy (non-hydrogen) atoms. The van der Waals surface area contributed by atoms with Crippen molar-refractivity contribution >= 4 is 17.3 Å². The van der Waals surface area contributed by atoms with Gasteiger partial charge in [-0.2, -0.15) is 0 Å². The number of carbonyl (C=O) groups excluding carboxylic acids is 2. The molecule has 0 aliphatic carbocycles. The smallest absolute Gasteiger partial charge is 0.268 e. The molecule has 7 heteroatoms. The van der Waals surface area contributed by atoms with Gasteiger partial charge in [0.25, 0.3) is 5.91 Å². The van der Waals surface area contributed by atoms with Gasteiger partial charge in [-0.15, -0.1) is 10.2 Å². The molecular formula is C17H19N5O2. The number of aromatic nitrogens is 4. The predicted octanol–water partition coefficient (Wildman–Crippen LogP) is 2.53. The van der Waals surface area contributed by atoms with Gasteiger partial charge < -0.3 is 10.3 Å². The van der Waals surface area contributed by atoms with Crippen molar-refractivity contribution in [3.63, 3.8) is 0 Å². The molecule has 1 atom stereocenters. The lowest BCUT2D eigenvalue weighted by Crippen LogP contribution is -2.30. The number of nitrogens with zero attached hydrogens (tertiary/aromatic N) is 3. The third-order valence-corrected chi connectivity index (χ3v) is 3.87. The highest BCUT2D eigenvalue weighted by atomic mass is 16.2. The summed E-state index contributed by atoms with van der Waals surface area (Å²) in [5.41, 5.74) is 1.58. The summed E-state index contributed by atoms with van der Waals surface area (Å²) in [6, 6.07) is 6.95. The van der Waals surface area contributed by atoms with Gasteiger partial charge in [0.15, 0.2) is 17.3 Å². The number of Topliss-reactive ketones (excluding diaryl/α,β-unsaturated/α-hetero) is 1. The van der Waals surface area contributed by atoms with Gasteiger partial charge in [0.1, 0.15) is 5.69 Å². The Bertz CT molecular complexity index is 880. The lowest BCUT2D eigenvalue weighted by atomic mass is 10.1. The van der Waals surface area contributed by atoms with Crippen LogP contribution in [0.5, 0.6) is 0 Å². The molecule has 3 aromatic heterocycles. The van der Waals surface area contributed by atoms with Gasteiger partial charge in [-0.05, 0) is 31.5 Å². The van der Waals surface area contributed by atoms with E-state index in [1.54, 1.807) is 12.3 Å². The van der Waals surface area contributed by atoms with Crippen LogP contribution in [0.15, 0.2) is 36.7 Å². The van der Waals surface area contributed by atoms with Crippen LogP contribution < -0.4 is 5.32 Å². The van der Waals surface area contributed by atoms with E-state index in [1.165, 1.54) is 6.92 Å². The Balaban J connectivity index is 1.85. The monoisotopic (exact) mass is 325 g/mol. The first-order valence-electron chi connectivity index (χ1n) is 7.90. The fourth-order valence-electron chi connectivity index (χ4n) is 2.62. The molecule has 1 unspecified atom stereocenters. The van der Waals surface area contributed by atoms with E-state index in [1.807, 2.05) is 35.7 Å². The third kappa shape index (κ3) is 3.05. The second kappa shape index (κ2) is 6.66. The number of hydrogen-bond acceptors (Lipinski definition) is 4. The SMILES string of the molecule is CCCC(NC(=O)c1cc(C(C)=O)c[nH]1)c1nnc2ccccn12. The number of pyridine rings is 1. The summed E-state index contributed by atoms with van der Waals surface area (Å²) in [4.78, 5) is 26.7. The van der Waals surface area contributed by atoms with E-state index in [0.717, 1.165) is 18.5 Å². The summed E-state index contributed by atoms with van der Waals surface area (Å²) in [6.45, 7) is 3.51. The van der Waals surface area contributed by atoms with Crippen molar-refractivity contribution in [2.24, 2.45) is 0 Å². The summed E-state index contributed by atoms with van der Waals surface area (Å²) in [7, 11) is 0. The quantitative estimate of drug-likeness (QED) is 0.681. The Morgan fingerprint density at radius 1 is 1.33 bits per heavy atom. The van der Waals surface area contributed by atoms with Crippen LogP contribution in [0, 0.1) is 0 Å². The Morgan fingerprint density at radius 2 is 2.17 bits per heavy atom. The normalized spacial score (nSPS) is 12.2. The molecule has 0 aliphatic rings. The highest BCUT2D eigenvalue weighted by Crippen LogP contribution is 2.18. The highest BCUT2D eigenvalue weighted by molar-refractivity contribution is 5.99. The number of ketones is 1. The van der Waals surface area contributed by atoms with Crippen molar-refractivity contribution in [2.45, 2.75) is 32.7 Å². The summed E-state index contributed by atoms with van der Waals surface area (Å²) in [6.07, 6.45) is 5.04. The van der Waals surface area contributed by atoms with Crippen molar-refractivity contribution in [3.05, 3.63) is 53.7 Å². The van der Waals surface area contributed by atoms with E-state index in [-0.39, 0.29) is 17.7 Å². The minimum atomic E-state index is -0.270. The maximum absolute atomic E-state index is 12.5. The van der Waals surface area contributed by atoms with Crippen molar-refractivity contribution < 1.29 is 9.59 Å². The molecule has 3 aromatic rings. The van der Waals surface area contributed by atoms with Crippen LogP contribution in [0.3, 0.4) is 0 Å².